The minimum Gasteiger partial charge on any atom is -0.409 e. The van der Waals surface area contributed by atoms with E-state index < -0.39 is 11.6 Å². The maximum absolute atomic E-state index is 13.5. The number of oxime groups is 1. The van der Waals surface area contributed by atoms with Gasteiger partial charge in [0.15, 0.2) is 17.5 Å². The molecule has 4 nitrogen and oxygen atoms in total. The molecule has 104 valence electrons. The standard InChI is InChI=1S/C14H13F2N3O/c15-11-5-2-6-12(13(11)16)18-8-9-3-1-4-10(7-9)14(17)19-20/h1-7,18,20H,8H2,(H2,17,19). The molecule has 0 bridgehead atoms. The van der Waals surface area contributed by atoms with Crippen LogP contribution in [-0.4, -0.2) is 11.0 Å². The van der Waals surface area contributed by atoms with Gasteiger partial charge in [-0.3, -0.25) is 0 Å². The molecular weight excluding hydrogens is 264 g/mol. The number of nitrogens with one attached hydrogen (secondary N) is 1. The largest absolute Gasteiger partial charge is 0.409 e. The van der Waals surface area contributed by atoms with Gasteiger partial charge in [-0.2, -0.15) is 0 Å². The first-order valence-electron chi connectivity index (χ1n) is 5.86. The average Bonchev–Trinajstić information content (AvgIpc) is 2.48. The molecule has 0 fully saturated rings. The topological polar surface area (TPSA) is 70.6 Å². The van der Waals surface area contributed by atoms with Crippen molar-refractivity contribution in [1.82, 2.24) is 0 Å². The first kappa shape index (κ1) is 13.8. The molecule has 0 aliphatic rings. The Morgan fingerprint density at radius 2 is 1.95 bits per heavy atom. The van der Waals surface area contributed by atoms with Gasteiger partial charge in [0, 0.05) is 12.1 Å². The van der Waals surface area contributed by atoms with E-state index in [1.165, 1.54) is 12.1 Å². The molecule has 6 heteroatoms. The summed E-state index contributed by atoms with van der Waals surface area (Å²) in [5.41, 5.74) is 6.90. The van der Waals surface area contributed by atoms with Crippen molar-refractivity contribution in [1.29, 1.82) is 0 Å². The molecule has 2 aromatic carbocycles. The molecule has 2 aromatic rings. The molecule has 0 aromatic heterocycles. The van der Waals surface area contributed by atoms with Gasteiger partial charge in [-0.15, -0.1) is 0 Å². The minimum absolute atomic E-state index is 0.0104. The predicted molar refractivity (Wildman–Crippen MR) is 72.6 cm³/mol. The zero-order valence-corrected chi connectivity index (χ0v) is 10.5. The number of rotatable bonds is 4. The van der Waals surface area contributed by atoms with Crippen LogP contribution in [0.25, 0.3) is 0 Å². The van der Waals surface area contributed by atoms with E-state index in [4.69, 9.17) is 10.9 Å². The van der Waals surface area contributed by atoms with E-state index in [0.29, 0.717) is 5.56 Å². The van der Waals surface area contributed by atoms with Gasteiger partial charge in [-0.1, -0.05) is 29.4 Å². The molecule has 0 heterocycles. The summed E-state index contributed by atoms with van der Waals surface area (Å²) in [5.74, 6) is -1.83. The number of hydrogen-bond acceptors (Lipinski definition) is 3. The number of halogens is 2. The smallest absolute Gasteiger partial charge is 0.181 e. The van der Waals surface area contributed by atoms with Crippen LogP contribution in [0.15, 0.2) is 47.6 Å². The Bertz CT molecular complexity index is 644. The zero-order chi connectivity index (χ0) is 14.5. The fourth-order valence-electron chi connectivity index (χ4n) is 1.74. The number of anilines is 1. The number of hydrogen-bond donors (Lipinski definition) is 3. The molecule has 0 amide bonds. The average molecular weight is 277 g/mol. The molecule has 20 heavy (non-hydrogen) atoms. The van der Waals surface area contributed by atoms with Crippen LogP contribution in [-0.2, 0) is 6.54 Å². The van der Waals surface area contributed by atoms with Crippen LogP contribution in [0.5, 0.6) is 0 Å². The summed E-state index contributed by atoms with van der Waals surface area (Å²) < 4.78 is 26.5. The SMILES string of the molecule is NC(=NO)c1cccc(CNc2cccc(F)c2F)c1. The van der Waals surface area contributed by atoms with Crippen molar-refractivity contribution in [2.75, 3.05) is 5.32 Å². The third-order valence-corrected chi connectivity index (χ3v) is 2.77. The van der Waals surface area contributed by atoms with Crippen LogP contribution >= 0.6 is 0 Å². The van der Waals surface area contributed by atoms with Crippen LogP contribution in [0.4, 0.5) is 14.5 Å². The molecule has 0 aliphatic heterocycles. The quantitative estimate of drug-likeness (QED) is 0.348. The number of nitrogens with zero attached hydrogens (tertiary/aromatic N) is 1. The summed E-state index contributed by atoms with van der Waals surface area (Å²) in [6.07, 6.45) is 0. The van der Waals surface area contributed by atoms with Gasteiger partial charge in [-0.05, 0) is 23.8 Å². The molecule has 0 spiro atoms. The Morgan fingerprint density at radius 1 is 1.20 bits per heavy atom. The zero-order valence-electron chi connectivity index (χ0n) is 10.5. The van der Waals surface area contributed by atoms with E-state index in [-0.39, 0.29) is 18.1 Å². The lowest BCUT2D eigenvalue weighted by Gasteiger charge is -2.09. The van der Waals surface area contributed by atoms with Crippen LogP contribution in [0.3, 0.4) is 0 Å². The van der Waals surface area contributed by atoms with Gasteiger partial charge in [-0.25, -0.2) is 8.78 Å². The fourth-order valence-corrected chi connectivity index (χ4v) is 1.74. The van der Waals surface area contributed by atoms with E-state index in [1.807, 2.05) is 0 Å². The highest BCUT2D eigenvalue weighted by Crippen LogP contribution is 2.17. The van der Waals surface area contributed by atoms with Gasteiger partial charge < -0.3 is 16.3 Å². The van der Waals surface area contributed by atoms with E-state index in [9.17, 15) is 8.78 Å². The molecule has 0 atom stereocenters. The van der Waals surface area contributed by atoms with Crippen molar-refractivity contribution in [3.8, 4) is 0 Å². The van der Waals surface area contributed by atoms with Gasteiger partial charge in [0.25, 0.3) is 0 Å². The number of nitrogens with two attached hydrogens (primary N) is 1. The molecular formula is C14H13F2N3O. The molecule has 0 aliphatic carbocycles. The van der Waals surface area contributed by atoms with Crippen molar-refractivity contribution < 1.29 is 14.0 Å². The van der Waals surface area contributed by atoms with E-state index in [0.717, 1.165) is 11.6 Å². The Kier molecular flexibility index (Phi) is 4.14. The second-order valence-corrected chi connectivity index (χ2v) is 4.14. The summed E-state index contributed by atoms with van der Waals surface area (Å²) in [6, 6.07) is 10.8. The molecule has 0 unspecified atom stereocenters. The van der Waals surface area contributed by atoms with E-state index >= 15 is 0 Å². The van der Waals surface area contributed by atoms with E-state index in [2.05, 4.69) is 10.5 Å². The highest BCUT2D eigenvalue weighted by Gasteiger charge is 2.07. The van der Waals surface area contributed by atoms with E-state index in [1.54, 1.807) is 24.3 Å². The Morgan fingerprint density at radius 3 is 2.70 bits per heavy atom. The monoisotopic (exact) mass is 277 g/mol. The third kappa shape index (κ3) is 3.03. The highest BCUT2D eigenvalue weighted by atomic mass is 19.2. The second-order valence-electron chi connectivity index (χ2n) is 4.14. The van der Waals surface area contributed by atoms with Crippen LogP contribution in [0.1, 0.15) is 11.1 Å². The molecule has 0 radical (unpaired) electrons. The lowest BCUT2D eigenvalue weighted by molar-refractivity contribution is 0.318. The maximum atomic E-state index is 13.5. The van der Waals surface area contributed by atoms with Crippen molar-refractivity contribution >= 4 is 11.5 Å². The lowest BCUT2D eigenvalue weighted by atomic mass is 10.1. The molecule has 0 saturated heterocycles. The second kappa shape index (κ2) is 6.01. The maximum Gasteiger partial charge on any atom is 0.181 e. The highest BCUT2D eigenvalue weighted by molar-refractivity contribution is 5.97. The van der Waals surface area contributed by atoms with Crippen LogP contribution in [0.2, 0.25) is 0 Å². The molecule has 2 rings (SSSR count). The van der Waals surface area contributed by atoms with Crippen LogP contribution in [0, 0.1) is 11.6 Å². The van der Waals surface area contributed by atoms with Crippen LogP contribution < -0.4 is 11.1 Å². The molecule has 4 N–H and O–H groups in total. The van der Waals surface area contributed by atoms with Gasteiger partial charge in [0.1, 0.15) is 0 Å². The van der Waals surface area contributed by atoms with Crippen molar-refractivity contribution in [2.45, 2.75) is 6.54 Å². The van der Waals surface area contributed by atoms with Crippen molar-refractivity contribution in [3.63, 3.8) is 0 Å². The summed E-state index contributed by atoms with van der Waals surface area (Å²) in [4.78, 5) is 0. The normalized spacial score (nSPS) is 11.4. The Hall–Kier alpha value is -2.63. The number of amidine groups is 1. The Balaban J connectivity index is 2.13. The van der Waals surface area contributed by atoms with Gasteiger partial charge >= 0.3 is 0 Å². The third-order valence-electron chi connectivity index (χ3n) is 2.77. The van der Waals surface area contributed by atoms with Gasteiger partial charge in [0.2, 0.25) is 0 Å². The molecule has 0 saturated carbocycles. The predicted octanol–water partition coefficient (Wildman–Crippen LogP) is 2.67. The first-order valence-corrected chi connectivity index (χ1v) is 5.86. The first-order chi connectivity index (χ1) is 9.61. The summed E-state index contributed by atoms with van der Waals surface area (Å²) in [5, 5.41) is 14.3. The number of benzene rings is 2. The Labute approximate surface area is 114 Å². The summed E-state index contributed by atoms with van der Waals surface area (Å²) >= 11 is 0. The minimum atomic E-state index is -0.917. The lowest BCUT2D eigenvalue weighted by Crippen LogP contribution is -2.13. The van der Waals surface area contributed by atoms with Crippen molar-refractivity contribution in [2.24, 2.45) is 10.9 Å². The summed E-state index contributed by atoms with van der Waals surface area (Å²) in [7, 11) is 0. The summed E-state index contributed by atoms with van der Waals surface area (Å²) in [6.45, 7) is 0.285. The van der Waals surface area contributed by atoms with Gasteiger partial charge in [0.05, 0.1) is 5.69 Å². The fraction of sp³-hybridized carbons (Fsp3) is 0.0714. The van der Waals surface area contributed by atoms with Crippen molar-refractivity contribution in [3.05, 3.63) is 65.2 Å².